The molecule has 1 heterocycles. The second-order valence-electron chi connectivity index (χ2n) is 4.98. The fourth-order valence-electron chi connectivity index (χ4n) is 2.09. The van der Waals surface area contributed by atoms with Crippen molar-refractivity contribution in [3.63, 3.8) is 0 Å². The standard InChI is InChI=1S/C16H16N2O4S/c1-10-9-23-15(18-14(10)16(21)22)12(8-19)17-13(20)7-11-5-3-2-4-6-11/h2-6,8,12,15H,1,7,9H2,(H,17,20)(H,21,22). The highest BCUT2D eigenvalue weighted by Gasteiger charge is 2.29. The Labute approximate surface area is 137 Å². The van der Waals surface area contributed by atoms with Crippen molar-refractivity contribution < 1.29 is 19.5 Å². The predicted octanol–water partition coefficient (Wildman–Crippen LogP) is 1.07. The van der Waals surface area contributed by atoms with Gasteiger partial charge in [-0.3, -0.25) is 9.79 Å². The lowest BCUT2D eigenvalue weighted by atomic mass is 10.1. The van der Waals surface area contributed by atoms with Crippen LogP contribution in [0.15, 0.2) is 47.5 Å². The first kappa shape index (κ1) is 17.0. The number of aliphatic imine (C=N–C) groups is 1. The average Bonchev–Trinajstić information content (AvgIpc) is 2.54. The molecule has 2 unspecified atom stereocenters. The largest absolute Gasteiger partial charge is 0.477 e. The van der Waals surface area contributed by atoms with Crippen molar-refractivity contribution in [1.29, 1.82) is 0 Å². The minimum absolute atomic E-state index is 0.141. The lowest BCUT2D eigenvalue weighted by molar-refractivity contribution is -0.129. The van der Waals surface area contributed by atoms with Crippen molar-refractivity contribution >= 4 is 35.6 Å². The summed E-state index contributed by atoms with van der Waals surface area (Å²) < 4.78 is 0. The number of carboxylic acid groups (broad SMARTS) is 1. The van der Waals surface area contributed by atoms with E-state index in [9.17, 15) is 14.4 Å². The minimum Gasteiger partial charge on any atom is -0.477 e. The molecule has 2 N–H and O–H groups in total. The van der Waals surface area contributed by atoms with Crippen molar-refractivity contribution in [2.45, 2.75) is 17.8 Å². The summed E-state index contributed by atoms with van der Waals surface area (Å²) >= 11 is 1.28. The Balaban J connectivity index is 2.05. The lowest BCUT2D eigenvalue weighted by Gasteiger charge is -2.25. The smallest absolute Gasteiger partial charge is 0.354 e. The second kappa shape index (κ2) is 7.73. The molecule has 23 heavy (non-hydrogen) atoms. The zero-order chi connectivity index (χ0) is 16.8. The van der Waals surface area contributed by atoms with Gasteiger partial charge in [-0.1, -0.05) is 36.9 Å². The van der Waals surface area contributed by atoms with Crippen molar-refractivity contribution in [2.75, 3.05) is 5.75 Å². The number of carbonyl (C=O) groups excluding carboxylic acids is 2. The third kappa shape index (κ3) is 4.53. The predicted molar refractivity (Wildman–Crippen MR) is 88.6 cm³/mol. The van der Waals surface area contributed by atoms with Crippen molar-refractivity contribution in [3.8, 4) is 0 Å². The van der Waals surface area contributed by atoms with E-state index in [1.165, 1.54) is 11.8 Å². The maximum atomic E-state index is 12.0. The van der Waals surface area contributed by atoms with Crippen LogP contribution in [0, 0.1) is 0 Å². The first-order valence-electron chi connectivity index (χ1n) is 6.90. The maximum absolute atomic E-state index is 12.0. The number of aliphatic carboxylic acids is 1. The number of aldehydes is 1. The Kier molecular flexibility index (Phi) is 5.70. The molecule has 0 saturated heterocycles. The number of hydrogen-bond donors (Lipinski definition) is 2. The molecule has 0 spiro atoms. The van der Waals surface area contributed by atoms with Crippen LogP contribution in [-0.2, 0) is 20.8 Å². The fraction of sp³-hybridized carbons (Fsp3) is 0.250. The van der Waals surface area contributed by atoms with Gasteiger partial charge in [0.1, 0.15) is 23.4 Å². The summed E-state index contributed by atoms with van der Waals surface area (Å²) in [4.78, 5) is 38.5. The van der Waals surface area contributed by atoms with Crippen molar-refractivity contribution in [3.05, 3.63) is 48.0 Å². The zero-order valence-corrected chi connectivity index (χ0v) is 13.1. The van der Waals surface area contributed by atoms with Crippen LogP contribution in [0.2, 0.25) is 0 Å². The van der Waals surface area contributed by atoms with Crippen LogP contribution < -0.4 is 5.32 Å². The second-order valence-corrected chi connectivity index (χ2v) is 6.08. The van der Waals surface area contributed by atoms with Gasteiger partial charge in [0.25, 0.3) is 0 Å². The third-order valence-electron chi connectivity index (χ3n) is 3.21. The minimum atomic E-state index is -1.18. The topological polar surface area (TPSA) is 95.8 Å². The number of carboxylic acids is 1. The molecular formula is C16H16N2O4S. The van der Waals surface area contributed by atoms with Crippen LogP contribution in [0.4, 0.5) is 0 Å². The van der Waals surface area contributed by atoms with E-state index in [2.05, 4.69) is 16.9 Å². The van der Waals surface area contributed by atoms with Gasteiger partial charge in [0.05, 0.1) is 6.42 Å². The average molecular weight is 332 g/mol. The maximum Gasteiger partial charge on any atom is 0.354 e. The molecule has 1 aliphatic rings. The van der Waals surface area contributed by atoms with Gasteiger partial charge in [-0.15, -0.1) is 11.8 Å². The summed E-state index contributed by atoms with van der Waals surface area (Å²) in [5.74, 6) is -1.14. The molecule has 6 nitrogen and oxygen atoms in total. The van der Waals surface area contributed by atoms with E-state index in [4.69, 9.17) is 5.11 Å². The monoisotopic (exact) mass is 332 g/mol. The van der Waals surface area contributed by atoms with Crippen molar-refractivity contribution in [1.82, 2.24) is 5.32 Å². The summed E-state index contributed by atoms with van der Waals surface area (Å²) in [5, 5.41) is 11.0. The SMILES string of the molecule is C=C1CSC(C(C=O)NC(=O)Cc2ccccc2)N=C1C(=O)O. The molecule has 2 rings (SSSR count). The van der Waals surface area contributed by atoms with E-state index in [-0.39, 0.29) is 18.0 Å². The van der Waals surface area contributed by atoms with Gasteiger partial charge in [-0.05, 0) is 11.1 Å². The van der Waals surface area contributed by atoms with Gasteiger partial charge in [0.15, 0.2) is 0 Å². The van der Waals surface area contributed by atoms with Crippen LogP contribution >= 0.6 is 11.8 Å². The molecule has 120 valence electrons. The number of thioether (sulfide) groups is 1. The Hall–Kier alpha value is -2.41. The third-order valence-corrected chi connectivity index (χ3v) is 4.47. The number of hydrogen-bond acceptors (Lipinski definition) is 5. The van der Waals surface area contributed by atoms with Gasteiger partial charge in [0.2, 0.25) is 5.91 Å². The number of carbonyl (C=O) groups is 3. The number of rotatable bonds is 6. The van der Waals surface area contributed by atoms with E-state index in [1.807, 2.05) is 30.3 Å². The highest BCUT2D eigenvalue weighted by atomic mass is 32.2. The Morgan fingerprint density at radius 3 is 2.74 bits per heavy atom. The molecule has 0 radical (unpaired) electrons. The molecule has 0 aliphatic carbocycles. The van der Waals surface area contributed by atoms with Crippen LogP contribution in [0.5, 0.6) is 0 Å². The van der Waals surface area contributed by atoms with Gasteiger partial charge in [-0.25, -0.2) is 4.79 Å². The van der Waals surface area contributed by atoms with E-state index < -0.39 is 17.4 Å². The fourth-order valence-corrected chi connectivity index (χ4v) is 3.12. The molecular weight excluding hydrogens is 316 g/mol. The van der Waals surface area contributed by atoms with E-state index >= 15 is 0 Å². The van der Waals surface area contributed by atoms with Gasteiger partial charge in [-0.2, -0.15) is 0 Å². The zero-order valence-electron chi connectivity index (χ0n) is 12.3. The van der Waals surface area contributed by atoms with Gasteiger partial charge < -0.3 is 15.2 Å². The number of nitrogens with zero attached hydrogens (tertiary/aromatic N) is 1. The molecule has 1 amide bonds. The van der Waals surface area contributed by atoms with Crippen LogP contribution in [-0.4, -0.2) is 46.1 Å². The lowest BCUT2D eigenvalue weighted by Crippen LogP contribution is -2.45. The Bertz CT molecular complexity index is 657. The number of amides is 1. The highest BCUT2D eigenvalue weighted by molar-refractivity contribution is 8.00. The van der Waals surface area contributed by atoms with Crippen molar-refractivity contribution in [2.24, 2.45) is 4.99 Å². The Morgan fingerprint density at radius 1 is 1.43 bits per heavy atom. The molecule has 0 bridgehead atoms. The van der Waals surface area contributed by atoms with E-state index in [1.54, 1.807) is 0 Å². The normalized spacial score (nSPS) is 18.7. The number of benzene rings is 1. The summed E-state index contributed by atoms with van der Waals surface area (Å²) in [5.41, 5.74) is 1.09. The number of nitrogens with one attached hydrogen (secondary N) is 1. The van der Waals surface area contributed by atoms with Crippen LogP contribution in [0.1, 0.15) is 5.56 Å². The summed E-state index contributed by atoms with van der Waals surface area (Å²) in [6.45, 7) is 3.65. The molecule has 1 aliphatic heterocycles. The molecule has 0 aromatic heterocycles. The highest BCUT2D eigenvalue weighted by Crippen LogP contribution is 2.25. The molecule has 0 saturated carbocycles. The van der Waals surface area contributed by atoms with Gasteiger partial charge >= 0.3 is 5.97 Å². The van der Waals surface area contributed by atoms with Crippen LogP contribution in [0.25, 0.3) is 0 Å². The quantitative estimate of drug-likeness (QED) is 0.760. The molecule has 0 fully saturated rings. The van der Waals surface area contributed by atoms with Crippen LogP contribution in [0.3, 0.4) is 0 Å². The van der Waals surface area contributed by atoms with E-state index in [0.29, 0.717) is 17.6 Å². The molecule has 7 heteroatoms. The molecule has 2 atom stereocenters. The summed E-state index contributed by atoms with van der Waals surface area (Å²) in [6.07, 6.45) is 0.725. The molecule has 1 aromatic carbocycles. The molecule has 1 aromatic rings. The first-order valence-corrected chi connectivity index (χ1v) is 7.95. The Morgan fingerprint density at radius 2 is 2.13 bits per heavy atom. The van der Waals surface area contributed by atoms with E-state index in [0.717, 1.165) is 5.56 Å². The summed E-state index contributed by atoms with van der Waals surface area (Å²) in [7, 11) is 0. The summed E-state index contributed by atoms with van der Waals surface area (Å²) in [6, 6.07) is 8.25. The van der Waals surface area contributed by atoms with Gasteiger partial charge in [0, 0.05) is 5.75 Å². The first-order chi connectivity index (χ1) is 11.0.